The summed E-state index contributed by atoms with van der Waals surface area (Å²) in [6, 6.07) is 11.4. The van der Waals surface area contributed by atoms with Crippen LogP contribution in [-0.4, -0.2) is 66.7 Å². The van der Waals surface area contributed by atoms with E-state index in [2.05, 4.69) is 74.9 Å². The second kappa shape index (κ2) is 15.8. The van der Waals surface area contributed by atoms with E-state index in [0.29, 0.717) is 18.3 Å². The molecule has 8 heteroatoms. The molecule has 2 heterocycles. The Kier molecular flexibility index (Phi) is 11.9. The van der Waals surface area contributed by atoms with E-state index in [9.17, 15) is 0 Å². The summed E-state index contributed by atoms with van der Waals surface area (Å²) in [7, 11) is 0. The number of piperazine rings is 1. The second-order valence-electron chi connectivity index (χ2n) is 11.4. The van der Waals surface area contributed by atoms with Gasteiger partial charge < -0.3 is 26.6 Å². The van der Waals surface area contributed by atoms with Gasteiger partial charge in [0.05, 0.1) is 0 Å². The minimum Gasteiger partial charge on any atom is -0.383 e. The Morgan fingerprint density at radius 2 is 1.67 bits per heavy atom. The molecule has 1 saturated carbocycles. The molecule has 1 aliphatic heterocycles. The molecule has 4 rings (SSSR count). The maximum Gasteiger partial charge on any atom is 0.226 e. The number of nitrogens with two attached hydrogens (primary N) is 1. The van der Waals surface area contributed by atoms with Crippen LogP contribution in [0.25, 0.3) is 0 Å². The Balaban J connectivity index is 1.15. The normalized spacial score (nSPS) is 16.8. The number of rotatable bonds is 14. The minimum atomic E-state index is 0.504. The minimum absolute atomic E-state index is 0.504. The van der Waals surface area contributed by atoms with Crippen LogP contribution < -0.4 is 26.6 Å². The summed E-state index contributed by atoms with van der Waals surface area (Å²) in [6.45, 7) is 13.2. The second-order valence-corrected chi connectivity index (χ2v) is 11.4. The zero-order valence-corrected chi connectivity index (χ0v) is 24.2. The number of allylic oxidation sites excluding steroid dienone is 1. The third-order valence-corrected chi connectivity index (χ3v) is 7.80. The van der Waals surface area contributed by atoms with Gasteiger partial charge in [-0.1, -0.05) is 55.2 Å². The predicted octanol–water partition coefficient (Wildman–Crippen LogP) is 4.55. The first kappa shape index (κ1) is 29.3. The van der Waals surface area contributed by atoms with Crippen molar-refractivity contribution in [2.24, 2.45) is 0 Å². The molecule has 1 aliphatic carbocycles. The van der Waals surface area contributed by atoms with E-state index in [1.807, 2.05) is 6.07 Å². The van der Waals surface area contributed by atoms with Gasteiger partial charge in [-0.3, -0.25) is 4.90 Å². The topological polar surface area (TPSA) is 94.4 Å². The molecule has 5 N–H and O–H groups in total. The van der Waals surface area contributed by atoms with Gasteiger partial charge in [-0.15, -0.1) is 0 Å². The fourth-order valence-electron chi connectivity index (χ4n) is 5.45. The molecule has 0 unspecified atom stereocenters. The molecule has 0 amide bonds. The van der Waals surface area contributed by atoms with Gasteiger partial charge in [-0.25, -0.2) is 0 Å². The Hall–Kier alpha value is -2.68. The van der Waals surface area contributed by atoms with Crippen LogP contribution >= 0.6 is 0 Å². The molecular formula is C31H50N8. The number of anilines is 3. The fraction of sp³-hybridized carbons (Fsp3) is 0.613. The highest BCUT2D eigenvalue weighted by Crippen LogP contribution is 2.19. The van der Waals surface area contributed by atoms with E-state index in [1.54, 1.807) is 0 Å². The van der Waals surface area contributed by atoms with Crippen LogP contribution in [-0.2, 0) is 13.1 Å². The van der Waals surface area contributed by atoms with Crippen molar-refractivity contribution in [2.45, 2.75) is 77.9 Å². The predicted molar refractivity (Wildman–Crippen MR) is 164 cm³/mol. The highest BCUT2D eigenvalue weighted by atomic mass is 15.3. The van der Waals surface area contributed by atoms with E-state index >= 15 is 0 Å². The zero-order chi connectivity index (χ0) is 27.3. The highest BCUT2D eigenvalue weighted by Gasteiger charge is 2.19. The number of benzene rings is 1. The molecule has 2 aromatic rings. The molecule has 2 fully saturated rings. The third kappa shape index (κ3) is 10.4. The summed E-state index contributed by atoms with van der Waals surface area (Å²) in [6.07, 6.45) is 11.5. The van der Waals surface area contributed by atoms with Gasteiger partial charge in [0.2, 0.25) is 5.95 Å². The van der Waals surface area contributed by atoms with Crippen molar-refractivity contribution >= 4 is 17.6 Å². The molecule has 1 aromatic heterocycles. The number of aromatic nitrogens is 2. The first-order valence-corrected chi connectivity index (χ1v) is 15.1. The standard InChI is InChI=1S/C31H50N8/c1-25(2)8-6-17-38-18-20-39(21-19-38)30-22-29(32)36-31(37-30)35-24-27-13-11-26(12-14-27)23-33-15-7-16-34-28-9-4-3-5-10-28/h8,11-14,22,28,33-34H,3-7,9-10,15-21,23-24H2,1-2H3,(H3,32,35,36,37). The van der Waals surface area contributed by atoms with Gasteiger partial charge >= 0.3 is 0 Å². The average Bonchev–Trinajstić information content (AvgIpc) is 2.95. The van der Waals surface area contributed by atoms with Gasteiger partial charge in [0.25, 0.3) is 0 Å². The number of hydrogen-bond acceptors (Lipinski definition) is 8. The van der Waals surface area contributed by atoms with Gasteiger partial charge in [-0.2, -0.15) is 9.97 Å². The first-order valence-electron chi connectivity index (χ1n) is 15.1. The average molecular weight is 535 g/mol. The van der Waals surface area contributed by atoms with E-state index in [1.165, 1.54) is 55.2 Å². The maximum atomic E-state index is 6.15. The third-order valence-electron chi connectivity index (χ3n) is 7.80. The smallest absolute Gasteiger partial charge is 0.226 e. The van der Waals surface area contributed by atoms with Crippen molar-refractivity contribution in [1.29, 1.82) is 0 Å². The quantitative estimate of drug-likeness (QED) is 0.207. The maximum absolute atomic E-state index is 6.15. The van der Waals surface area contributed by atoms with Crippen LogP contribution in [0.15, 0.2) is 42.0 Å². The van der Waals surface area contributed by atoms with Crippen LogP contribution in [0.4, 0.5) is 17.6 Å². The lowest BCUT2D eigenvalue weighted by Crippen LogP contribution is -2.47. The molecule has 8 nitrogen and oxygen atoms in total. The van der Waals surface area contributed by atoms with Crippen molar-refractivity contribution in [3.05, 3.63) is 53.1 Å². The Morgan fingerprint density at radius 3 is 2.38 bits per heavy atom. The van der Waals surface area contributed by atoms with Crippen LogP contribution in [0.5, 0.6) is 0 Å². The SMILES string of the molecule is CC(C)=CCCN1CCN(c2cc(N)nc(NCc3ccc(CNCCCNC4CCCCC4)cc3)n2)CC1. The molecule has 1 saturated heterocycles. The van der Waals surface area contributed by atoms with E-state index in [4.69, 9.17) is 10.7 Å². The summed E-state index contributed by atoms with van der Waals surface area (Å²) >= 11 is 0. The molecule has 2 aliphatic rings. The number of nitrogen functional groups attached to an aromatic ring is 1. The van der Waals surface area contributed by atoms with Gasteiger partial charge in [0.1, 0.15) is 11.6 Å². The molecule has 39 heavy (non-hydrogen) atoms. The van der Waals surface area contributed by atoms with Crippen molar-refractivity contribution in [2.75, 3.05) is 61.8 Å². The van der Waals surface area contributed by atoms with Crippen LogP contribution in [0.3, 0.4) is 0 Å². The molecule has 0 spiro atoms. The van der Waals surface area contributed by atoms with Crippen LogP contribution in [0.1, 0.15) is 69.9 Å². The van der Waals surface area contributed by atoms with Crippen LogP contribution in [0.2, 0.25) is 0 Å². The molecule has 0 radical (unpaired) electrons. The Morgan fingerprint density at radius 1 is 0.949 bits per heavy atom. The number of nitrogens with one attached hydrogen (secondary N) is 3. The summed E-state index contributed by atoms with van der Waals surface area (Å²) in [5.74, 6) is 2.00. The summed E-state index contributed by atoms with van der Waals surface area (Å²) in [5.41, 5.74) is 10.0. The molecule has 214 valence electrons. The fourth-order valence-corrected chi connectivity index (χ4v) is 5.45. The lowest BCUT2D eigenvalue weighted by Gasteiger charge is -2.35. The number of hydrogen-bond donors (Lipinski definition) is 4. The first-order chi connectivity index (χ1) is 19.0. The largest absolute Gasteiger partial charge is 0.383 e. The van der Waals surface area contributed by atoms with Gasteiger partial charge in [-0.05, 0) is 63.7 Å². The van der Waals surface area contributed by atoms with Crippen molar-refractivity contribution in [3.63, 3.8) is 0 Å². The Labute approximate surface area is 235 Å². The van der Waals surface area contributed by atoms with E-state index < -0.39 is 0 Å². The molecular weight excluding hydrogens is 484 g/mol. The number of nitrogens with zero attached hydrogens (tertiary/aromatic N) is 4. The molecule has 0 bridgehead atoms. The molecule has 0 atom stereocenters. The van der Waals surface area contributed by atoms with Crippen molar-refractivity contribution < 1.29 is 0 Å². The van der Waals surface area contributed by atoms with E-state index in [0.717, 1.165) is 70.6 Å². The van der Waals surface area contributed by atoms with E-state index in [-0.39, 0.29) is 0 Å². The Bertz CT molecular complexity index is 1000. The van der Waals surface area contributed by atoms with Crippen LogP contribution in [0, 0.1) is 0 Å². The van der Waals surface area contributed by atoms with Crippen molar-refractivity contribution in [3.8, 4) is 0 Å². The zero-order valence-electron chi connectivity index (χ0n) is 24.2. The summed E-state index contributed by atoms with van der Waals surface area (Å²) in [4.78, 5) is 14.0. The highest BCUT2D eigenvalue weighted by molar-refractivity contribution is 5.52. The van der Waals surface area contributed by atoms with Gasteiger partial charge in [0.15, 0.2) is 0 Å². The lowest BCUT2D eigenvalue weighted by atomic mass is 9.95. The van der Waals surface area contributed by atoms with Crippen molar-refractivity contribution in [1.82, 2.24) is 25.5 Å². The lowest BCUT2D eigenvalue weighted by molar-refractivity contribution is 0.262. The van der Waals surface area contributed by atoms with Gasteiger partial charge in [0, 0.05) is 57.9 Å². The molecule has 1 aromatic carbocycles. The monoisotopic (exact) mass is 534 g/mol. The summed E-state index contributed by atoms with van der Waals surface area (Å²) < 4.78 is 0. The summed E-state index contributed by atoms with van der Waals surface area (Å²) in [5, 5.41) is 10.7.